The maximum atomic E-state index is 13.2. The number of carbonyl (C=O) groups is 2. The SMILES string of the molecule is CCNC(=O)C(CC)N(Cc1ccccc1)C(=O)COc1ccc(C(C)(C)C)cc1Br. The van der Waals surface area contributed by atoms with E-state index in [1.165, 1.54) is 5.56 Å². The van der Waals surface area contributed by atoms with Gasteiger partial charge in [-0.25, -0.2) is 0 Å². The zero-order chi connectivity index (χ0) is 23.0. The summed E-state index contributed by atoms with van der Waals surface area (Å²) >= 11 is 3.55. The van der Waals surface area contributed by atoms with E-state index in [1.54, 1.807) is 4.90 Å². The molecule has 2 aromatic carbocycles. The van der Waals surface area contributed by atoms with Crippen molar-refractivity contribution < 1.29 is 14.3 Å². The molecule has 0 saturated carbocycles. The van der Waals surface area contributed by atoms with E-state index < -0.39 is 6.04 Å². The Hall–Kier alpha value is -2.34. The molecule has 0 heterocycles. The van der Waals surface area contributed by atoms with Gasteiger partial charge in [-0.1, -0.05) is 64.1 Å². The van der Waals surface area contributed by atoms with Crippen LogP contribution in [0.2, 0.25) is 0 Å². The molecule has 0 saturated heterocycles. The van der Waals surface area contributed by atoms with Crippen LogP contribution in [0.3, 0.4) is 0 Å². The second-order valence-corrected chi connectivity index (χ2v) is 9.36. The molecule has 0 fully saturated rings. The van der Waals surface area contributed by atoms with Crippen LogP contribution < -0.4 is 10.1 Å². The van der Waals surface area contributed by atoms with Gasteiger partial charge in [0.05, 0.1) is 4.47 Å². The molecule has 0 aliphatic heterocycles. The van der Waals surface area contributed by atoms with Gasteiger partial charge in [-0.15, -0.1) is 0 Å². The van der Waals surface area contributed by atoms with Gasteiger partial charge in [0.1, 0.15) is 11.8 Å². The predicted octanol–water partition coefficient (Wildman–Crippen LogP) is 5.07. The Bertz CT molecular complexity index is 878. The van der Waals surface area contributed by atoms with Gasteiger partial charge in [0.15, 0.2) is 6.61 Å². The number of rotatable bonds is 9. The summed E-state index contributed by atoms with van der Waals surface area (Å²) in [5.74, 6) is 0.228. The van der Waals surface area contributed by atoms with Crippen molar-refractivity contribution in [1.29, 1.82) is 0 Å². The highest BCUT2D eigenvalue weighted by Crippen LogP contribution is 2.31. The number of ether oxygens (including phenoxy) is 1. The highest BCUT2D eigenvalue weighted by atomic mass is 79.9. The Morgan fingerprint density at radius 1 is 1.10 bits per heavy atom. The van der Waals surface area contributed by atoms with Gasteiger partial charge in [-0.3, -0.25) is 9.59 Å². The van der Waals surface area contributed by atoms with E-state index in [2.05, 4.69) is 42.0 Å². The van der Waals surface area contributed by atoms with E-state index in [0.717, 1.165) is 10.0 Å². The molecule has 0 aliphatic carbocycles. The summed E-state index contributed by atoms with van der Waals surface area (Å²) in [5.41, 5.74) is 2.16. The number of carbonyl (C=O) groups excluding carboxylic acids is 2. The summed E-state index contributed by atoms with van der Waals surface area (Å²) in [4.78, 5) is 27.4. The van der Waals surface area contributed by atoms with Crippen LogP contribution in [0.25, 0.3) is 0 Å². The minimum atomic E-state index is -0.553. The van der Waals surface area contributed by atoms with Gasteiger partial charge < -0.3 is 15.0 Å². The van der Waals surface area contributed by atoms with E-state index in [1.807, 2.05) is 62.4 Å². The number of benzene rings is 2. The largest absolute Gasteiger partial charge is 0.483 e. The molecular formula is C25H33BrN2O3. The third-order valence-electron chi connectivity index (χ3n) is 5.08. The first kappa shape index (κ1) is 24.9. The molecule has 31 heavy (non-hydrogen) atoms. The standard InChI is InChI=1S/C25H33BrN2O3/c1-6-21(24(30)27-7-2)28(16-18-11-9-8-10-12-18)23(29)17-31-22-14-13-19(15-20(22)26)25(3,4)5/h8-15,21H,6-7,16-17H2,1-5H3,(H,27,30). The molecule has 1 N–H and O–H groups in total. The molecule has 0 aliphatic rings. The lowest BCUT2D eigenvalue weighted by Crippen LogP contribution is -2.50. The van der Waals surface area contributed by atoms with Crippen molar-refractivity contribution >= 4 is 27.7 Å². The first-order chi connectivity index (χ1) is 14.7. The van der Waals surface area contributed by atoms with E-state index in [-0.39, 0.29) is 23.8 Å². The summed E-state index contributed by atoms with van der Waals surface area (Å²) in [6.07, 6.45) is 0.522. The second kappa shape index (κ2) is 11.3. The lowest BCUT2D eigenvalue weighted by molar-refractivity contribution is -0.142. The monoisotopic (exact) mass is 488 g/mol. The van der Waals surface area contributed by atoms with Gasteiger partial charge in [0.25, 0.3) is 5.91 Å². The van der Waals surface area contributed by atoms with Crippen LogP contribution in [0.5, 0.6) is 5.75 Å². The molecule has 2 amide bonds. The topological polar surface area (TPSA) is 58.6 Å². The number of nitrogens with zero attached hydrogens (tertiary/aromatic N) is 1. The first-order valence-electron chi connectivity index (χ1n) is 10.7. The molecule has 6 heteroatoms. The summed E-state index contributed by atoms with van der Waals surface area (Å²) in [7, 11) is 0. The highest BCUT2D eigenvalue weighted by molar-refractivity contribution is 9.10. The van der Waals surface area contributed by atoms with Crippen molar-refractivity contribution in [2.75, 3.05) is 13.2 Å². The van der Waals surface area contributed by atoms with Gasteiger partial charge in [0.2, 0.25) is 5.91 Å². The average Bonchev–Trinajstić information content (AvgIpc) is 2.72. The van der Waals surface area contributed by atoms with E-state index in [9.17, 15) is 9.59 Å². The van der Waals surface area contributed by atoms with E-state index >= 15 is 0 Å². The minimum Gasteiger partial charge on any atom is -0.483 e. The molecule has 0 radical (unpaired) electrons. The Kier molecular flexibility index (Phi) is 9.11. The molecule has 0 bridgehead atoms. The molecule has 5 nitrogen and oxygen atoms in total. The summed E-state index contributed by atoms with van der Waals surface area (Å²) in [6, 6.07) is 15.0. The van der Waals surface area contributed by atoms with Crippen LogP contribution in [0.15, 0.2) is 53.0 Å². The number of amides is 2. The molecule has 0 aromatic heterocycles. The van der Waals surface area contributed by atoms with Gasteiger partial charge in [-0.2, -0.15) is 0 Å². The van der Waals surface area contributed by atoms with Gasteiger partial charge >= 0.3 is 0 Å². The zero-order valence-electron chi connectivity index (χ0n) is 19.1. The lowest BCUT2D eigenvalue weighted by Gasteiger charge is -2.30. The number of likely N-dealkylation sites (N-methyl/N-ethyl adjacent to an activating group) is 1. The number of hydrogen-bond donors (Lipinski definition) is 1. The third-order valence-corrected chi connectivity index (χ3v) is 5.70. The van der Waals surface area contributed by atoms with Crippen molar-refractivity contribution in [2.45, 2.75) is 59.0 Å². The van der Waals surface area contributed by atoms with Crippen LogP contribution in [0.1, 0.15) is 52.2 Å². The van der Waals surface area contributed by atoms with Crippen molar-refractivity contribution in [1.82, 2.24) is 10.2 Å². The number of nitrogens with one attached hydrogen (secondary N) is 1. The summed E-state index contributed by atoms with van der Waals surface area (Å²) in [6.45, 7) is 10.9. The normalized spacial score (nSPS) is 12.2. The van der Waals surface area contributed by atoms with Crippen molar-refractivity contribution in [2.24, 2.45) is 0 Å². The molecule has 1 unspecified atom stereocenters. The Balaban J connectivity index is 2.19. The Morgan fingerprint density at radius 3 is 2.32 bits per heavy atom. The van der Waals surface area contributed by atoms with Gasteiger partial charge in [-0.05, 0) is 57.9 Å². The lowest BCUT2D eigenvalue weighted by atomic mass is 9.87. The third kappa shape index (κ3) is 7.10. The number of hydrogen-bond acceptors (Lipinski definition) is 3. The van der Waals surface area contributed by atoms with Crippen LogP contribution in [0, 0.1) is 0 Å². The van der Waals surface area contributed by atoms with Crippen molar-refractivity contribution in [3.8, 4) is 5.75 Å². The van der Waals surface area contributed by atoms with Gasteiger partial charge in [0, 0.05) is 13.1 Å². The smallest absolute Gasteiger partial charge is 0.261 e. The van der Waals surface area contributed by atoms with E-state index in [0.29, 0.717) is 25.3 Å². The molecule has 168 valence electrons. The molecule has 2 rings (SSSR count). The Morgan fingerprint density at radius 2 is 1.77 bits per heavy atom. The highest BCUT2D eigenvalue weighted by Gasteiger charge is 2.28. The molecular weight excluding hydrogens is 456 g/mol. The zero-order valence-corrected chi connectivity index (χ0v) is 20.7. The van der Waals surface area contributed by atoms with Crippen LogP contribution in [-0.4, -0.2) is 35.9 Å². The Labute approximate surface area is 194 Å². The fourth-order valence-electron chi connectivity index (χ4n) is 3.30. The van der Waals surface area contributed by atoms with Crippen LogP contribution >= 0.6 is 15.9 Å². The quantitative estimate of drug-likeness (QED) is 0.535. The summed E-state index contributed by atoms with van der Waals surface area (Å²) in [5, 5.41) is 2.84. The average molecular weight is 489 g/mol. The number of halogens is 1. The van der Waals surface area contributed by atoms with Crippen LogP contribution in [-0.2, 0) is 21.5 Å². The first-order valence-corrected chi connectivity index (χ1v) is 11.5. The van der Waals surface area contributed by atoms with Crippen molar-refractivity contribution in [3.63, 3.8) is 0 Å². The molecule has 0 spiro atoms. The maximum absolute atomic E-state index is 13.2. The fourth-order valence-corrected chi connectivity index (χ4v) is 3.79. The second-order valence-electron chi connectivity index (χ2n) is 8.51. The van der Waals surface area contributed by atoms with Crippen molar-refractivity contribution in [3.05, 3.63) is 64.1 Å². The maximum Gasteiger partial charge on any atom is 0.261 e. The minimum absolute atomic E-state index is 0.0182. The molecule has 1 atom stereocenters. The fraction of sp³-hybridized carbons (Fsp3) is 0.440. The summed E-state index contributed by atoms with van der Waals surface area (Å²) < 4.78 is 6.65. The molecule has 2 aromatic rings. The predicted molar refractivity (Wildman–Crippen MR) is 128 cm³/mol. The van der Waals surface area contributed by atoms with Crippen LogP contribution in [0.4, 0.5) is 0 Å². The van der Waals surface area contributed by atoms with E-state index in [4.69, 9.17) is 4.74 Å².